The molecule has 1 aromatic heterocycles. The quantitative estimate of drug-likeness (QED) is 0.646. The summed E-state index contributed by atoms with van der Waals surface area (Å²) in [4.78, 5) is 15.9. The van der Waals surface area contributed by atoms with E-state index in [4.69, 9.17) is 4.74 Å². The van der Waals surface area contributed by atoms with E-state index < -0.39 is 4.92 Å². The van der Waals surface area contributed by atoms with Gasteiger partial charge in [0.1, 0.15) is 0 Å². The number of nitrogens with zero attached hydrogens (tertiary/aromatic N) is 3. The molecule has 0 aliphatic carbocycles. The number of aromatic nitrogens is 1. The molecule has 1 aliphatic rings. The second-order valence-electron chi connectivity index (χ2n) is 3.90. The second-order valence-corrected chi connectivity index (χ2v) is 3.90. The van der Waals surface area contributed by atoms with Crippen molar-refractivity contribution in [3.63, 3.8) is 0 Å². The normalized spacial score (nSPS) is 16.3. The lowest BCUT2D eigenvalue weighted by Crippen LogP contribution is -2.32. The Morgan fingerprint density at radius 3 is 3.11 bits per heavy atom. The first kappa shape index (κ1) is 12.9. The fraction of sp³-hybridized carbons (Fsp3) is 0.250. The minimum Gasteiger partial charge on any atom is -0.481 e. The molecule has 0 aromatic carbocycles. The summed E-state index contributed by atoms with van der Waals surface area (Å²) in [7, 11) is 1.55. The maximum atomic E-state index is 10.6. The smallest absolute Gasteiger partial charge is 0.274 e. The highest BCUT2D eigenvalue weighted by Crippen LogP contribution is 2.14. The molecule has 1 aromatic rings. The average molecular weight is 262 g/mol. The largest absolute Gasteiger partial charge is 0.481 e. The predicted molar refractivity (Wildman–Crippen MR) is 68.6 cm³/mol. The van der Waals surface area contributed by atoms with Gasteiger partial charge >= 0.3 is 0 Å². The van der Waals surface area contributed by atoms with Crippen molar-refractivity contribution in [2.75, 3.05) is 13.7 Å². The maximum Gasteiger partial charge on any atom is 0.274 e. The van der Waals surface area contributed by atoms with Crippen LogP contribution in [0.15, 0.2) is 42.6 Å². The van der Waals surface area contributed by atoms with Crippen molar-refractivity contribution < 1.29 is 9.66 Å². The minimum absolute atomic E-state index is 0.461. The van der Waals surface area contributed by atoms with Crippen molar-refractivity contribution in [2.24, 2.45) is 0 Å². The number of hydrogen-bond donors (Lipinski definition) is 1. The molecule has 19 heavy (non-hydrogen) atoms. The highest BCUT2D eigenvalue weighted by atomic mass is 16.6. The summed E-state index contributed by atoms with van der Waals surface area (Å²) in [5, 5.41) is 13.5. The Balaban J connectivity index is 2.12. The Kier molecular flexibility index (Phi) is 3.97. The molecule has 0 saturated carbocycles. The minimum atomic E-state index is -0.471. The molecular formula is C12H14N4O3. The summed E-state index contributed by atoms with van der Waals surface area (Å²) in [6, 6.07) is 3.63. The van der Waals surface area contributed by atoms with E-state index >= 15 is 0 Å². The zero-order chi connectivity index (χ0) is 13.7. The monoisotopic (exact) mass is 262 g/mol. The van der Waals surface area contributed by atoms with Crippen LogP contribution in [-0.2, 0) is 6.54 Å². The topological polar surface area (TPSA) is 80.5 Å². The van der Waals surface area contributed by atoms with E-state index in [1.807, 2.05) is 18.3 Å². The van der Waals surface area contributed by atoms with Crippen molar-refractivity contribution >= 4 is 0 Å². The number of rotatable bonds is 4. The fourth-order valence-corrected chi connectivity index (χ4v) is 1.70. The molecule has 1 aliphatic heterocycles. The van der Waals surface area contributed by atoms with E-state index in [-0.39, 0.29) is 0 Å². The van der Waals surface area contributed by atoms with E-state index in [9.17, 15) is 10.1 Å². The highest BCUT2D eigenvalue weighted by molar-refractivity contribution is 5.19. The van der Waals surface area contributed by atoms with Gasteiger partial charge in [0.15, 0.2) is 5.82 Å². The Morgan fingerprint density at radius 2 is 2.47 bits per heavy atom. The molecular weight excluding hydrogens is 248 g/mol. The standard InChI is InChI=1S/C12H14N4O3/c1-19-12-4-3-10(7-14-12)8-15-6-2-5-13-11(15)9-16(17)18/h2-4,6-7,9,13H,5,8H2,1H3. The lowest BCUT2D eigenvalue weighted by atomic mass is 10.2. The highest BCUT2D eigenvalue weighted by Gasteiger charge is 2.14. The number of pyridine rings is 1. The maximum absolute atomic E-state index is 10.6. The van der Waals surface area contributed by atoms with Gasteiger partial charge in [0.2, 0.25) is 5.88 Å². The Labute approximate surface area is 110 Å². The Bertz CT molecular complexity index is 510. The molecule has 1 N–H and O–H groups in total. The molecule has 7 nitrogen and oxygen atoms in total. The molecule has 100 valence electrons. The molecule has 2 rings (SSSR count). The predicted octanol–water partition coefficient (Wildman–Crippen LogP) is 1.08. The zero-order valence-electron chi connectivity index (χ0n) is 10.4. The van der Waals surface area contributed by atoms with Crippen LogP contribution in [0.5, 0.6) is 5.88 Å². The summed E-state index contributed by atoms with van der Waals surface area (Å²) in [6.45, 7) is 1.08. The lowest BCUT2D eigenvalue weighted by molar-refractivity contribution is -0.404. The van der Waals surface area contributed by atoms with Crippen molar-refractivity contribution in [3.8, 4) is 5.88 Å². The van der Waals surface area contributed by atoms with Crippen LogP contribution < -0.4 is 10.1 Å². The summed E-state index contributed by atoms with van der Waals surface area (Å²) in [5.41, 5.74) is 0.934. The van der Waals surface area contributed by atoms with E-state index in [2.05, 4.69) is 10.3 Å². The van der Waals surface area contributed by atoms with Gasteiger partial charge in [-0.25, -0.2) is 4.98 Å². The van der Waals surface area contributed by atoms with Crippen molar-refractivity contribution in [1.82, 2.24) is 15.2 Å². The zero-order valence-corrected chi connectivity index (χ0v) is 10.4. The van der Waals surface area contributed by atoms with Gasteiger partial charge in [0.25, 0.3) is 6.20 Å². The van der Waals surface area contributed by atoms with Crippen LogP contribution in [0.1, 0.15) is 5.56 Å². The van der Waals surface area contributed by atoms with Crippen LogP contribution >= 0.6 is 0 Å². The SMILES string of the molecule is COc1ccc(CN2C=CCNC2=C[N+](=O)[O-])cn1. The van der Waals surface area contributed by atoms with Crippen molar-refractivity contribution in [2.45, 2.75) is 6.54 Å². The first-order chi connectivity index (χ1) is 9.19. The molecule has 0 spiro atoms. The van der Waals surface area contributed by atoms with Crippen LogP contribution in [0.2, 0.25) is 0 Å². The molecule has 0 unspecified atom stereocenters. The first-order valence-corrected chi connectivity index (χ1v) is 5.70. The summed E-state index contributed by atoms with van der Waals surface area (Å²) in [5.74, 6) is 1.00. The number of hydrogen-bond acceptors (Lipinski definition) is 6. The molecule has 2 heterocycles. The molecule has 0 bridgehead atoms. The molecule has 0 amide bonds. The van der Waals surface area contributed by atoms with Crippen LogP contribution in [0.25, 0.3) is 0 Å². The molecule has 0 saturated heterocycles. The Hall–Kier alpha value is -2.57. The third-order valence-electron chi connectivity index (χ3n) is 2.58. The van der Waals surface area contributed by atoms with Crippen LogP contribution in [0, 0.1) is 10.1 Å². The van der Waals surface area contributed by atoms with Gasteiger partial charge in [-0.05, 0) is 11.6 Å². The number of nitro groups is 1. The molecule has 0 atom stereocenters. The van der Waals surface area contributed by atoms with E-state index in [1.165, 1.54) is 0 Å². The van der Waals surface area contributed by atoms with Gasteiger partial charge in [-0.3, -0.25) is 10.1 Å². The Morgan fingerprint density at radius 1 is 1.63 bits per heavy atom. The number of methoxy groups -OCH3 is 1. The van der Waals surface area contributed by atoms with Gasteiger partial charge in [-0.1, -0.05) is 6.07 Å². The fourth-order valence-electron chi connectivity index (χ4n) is 1.70. The van der Waals surface area contributed by atoms with Crippen molar-refractivity contribution in [1.29, 1.82) is 0 Å². The summed E-state index contributed by atoms with van der Waals surface area (Å²) >= 11 is 0. The lowest BCUT2D eigenvalue weighted by Gasteiger charge is -2.25. The van der Waals surface area contributed by atoms with Gasteiger partial charge in [0, 0.05) is 25.0 Å². The third-order valence-corrected chi connectivity index (χ3v) is 2.58. The van der Waals surface area contributed by atoms with E-state index in [0.29, 0.717) is 24.8 Å². The first-order valence-electron chi connectivity index (χ1n) is 5.70. The van der Waals surface area contributed by atoms with Gasteiger partial charge in [-0.2, -0.15) is 0 Å². The van der Waals surface area contributed by atoms with Crippen LogP contribution in [0.3, 0.4) is 0 Å². The third kappa shape index (κ3) is 3.44. The van der Waals surface area contributed by atoms with Gasteiger partial charge in [0.05, 0.1) is 18.6 Å². The summed E-state index contributed by atoms with van der Waals surface area (Å²) < 4.78 is 4.98. The second kappa shape index (κ2) is 5.85. The summed E-state index contributed by atoms with van der Waals surface area (Å²) in [6.07, 6.45) is 6.36. The van der Waals surface area contributed by atoms with Crippen LogP contribution in [-0.4, -0.2) is 28.5 Å². The number of ether oxygens (including phenoxy) is 1. The molecule has 7 heteroatoms. The van der Waals surface area contributed by atoms with Gasteiger partial charge in [-0.15, -0.1) is 0 Å². The van der Waals surface area contributed by atoms with Crippen molar-refractivity contribution in [3.05, 3.63) is 58.3 Å². The van der Waals surface area contributed by atoms with E-state index in [0.717, 1.165) is 11.8 Å². The van der Waals surface area contributed by atoms with Gasteiger partial charge < -0.3 is 15.0 Å². The van der Waals surface area contributed by atoms with E-state index in [1.54, 1.807) is 24.3 Å². The average Bonchev–Trinajstić information content (AvgIpc) is 2.41. The molecule has 0 radical (unpaired) electrons. The molecule has 0 fully saturated rings. The number of nitrogens with one attached hydrogen (secondary N) is 1. The van der Waals surface area contributed by atoms with Crippen LogP contribution in [0.4, 0.5) is 0 Å².